The van der Waals surface area contributed by atoms with Crippen LogP contribution in [-0.2, 0) is 71.4 Å². The minimum absolute atomic E-state index is 0.0351. The van der Waals surface area contributed by atoms with Crippen molar-refractivity contribution in [1.29, 1.82) is 0 Å². The maximum Gasteiger partial charge on any atom is 0.408 e. The van der Waals surface area contributed by atoms with Gasteiger partial charge in [0.05, 0.1) is 78.7 Å². The Morgan fingerprint density at radius 2 is 0.845 bits per heavy atom. The van der Waals surface area contributed by atoms with Gasteiger partial charge in [-0.2, -0.15) is 0 Å². The van der Waals surface area contributed by atoms with Gasteiger partial charge in [0.1, 0.15) is 28.4 Å². The van der Waals surface area contributed by atoms with Crippen molar-refractivity contribution < 1.29 is 90.6 Å². The fraction of sp³-hybridized carbons (Fsp3) is 0.849. The minimum atomic E-state index is -1.14. The second kappa shape index (κ2) is 47.0. The molecule has 484 valence electrons. The summed E-state index contributed by atoms with van der Waals surface area (Å²) in [5.41, 5.74) is 18.7. The van der Waals surface area contributed by atoms with Gasteiger partial charge in [0.2, 0.25) is 0 Å². The summed E-state index contributed by atoms with van der Waals surface area (Å²) in [6.07, 6.45) is 0.888. The van der Waals surface area contributed by atoms with Crippen LogP contribution in [0, 0.1) is 0 Å². The highest BCUT2D eigenvalue weighted by Crippen LogP contribution is 2.16. The van der Waals surface area contributed by atoms with Gasteiger partial charge in [-0.25, -0.2) is 24.0 Å². The molecule has 0 saturated carbocycles. The number of nitrogens with two attached hydrogens (primary N) is 1. The van der Waals surface area contributed by atoms with Gasteiger partial charge in [0.25, 0.3) is 11.8 Å². The number of carbonyl (C=O) groups excluding carboxylic acids is 8. The summed E-state index contributed by atoms with van der Waals surface area (Å²) in [4.78, 5) is 107. The molecule has 0 aromatic rings. The lowest BCUT2D eigenvalue weighted by atomic mass is 10.0. The zero-order valence-corrected chi connectivity index (χ0v) is 51.7. The first-order valence-corrected chi connectivity index (χ1v) is 28.1. The normalized spacial score (nSPS) is 13.0. The van der Waals surface area contributed by atoms with E-state index in [-0.39, 0.29) is 38.0 Å². The Balaban J connectivity index is 0. The Bertz CT molecular complexity index is 1980. The van der Waals surface area contributed by atoms with E-state index in [4.69, 9.17) is 69.0 Å². The third-order valence-electron chi connectivity index (χ3n) is 9.68. The van der Waals surface area contributed by atoms with Gasteiger partial charge in [-0.15, -0.1) is 5.06 Å². The molecular formula is C53H98N12O19. The highest BCUT2D eigenvalue weighted by Gasteiger charge is 2.36. The monoisotopic (exact) mass is 1210 g/mol. The zero-order valence-electron chi connectivity index (χ0n) is 51.7. The van der Waals surface area contributed by atoms with E-state index >= 15 is 0 Å². The first kappa shape index (κ1) is 79.8. The largest absolute Gasteiger partial charge is 0.444 e. The van der Waals surface area contributed by atoms with Gasteiger partial charge in [0, 0.05) is 68.4 Å². The van der Waals surface area contributed by atoms with E-state index < -0.39 is 76.6 Å². The Morgan fingerprint density at radius 1 is 0.500 bits per heavy atom. The molecule has 1 rings (SSSR count). The van der Waals surface area contributed by atoms with Crippen LogP contribution in [0.1, 0.15) is 147 Å². The molecule has 0 aliphatic carbocycles. The van der Waals surface area contributed by atoms with Crippen molar-refractivity contribution in [3.05, 3.63) is 20.9 Å². The van der Waals surface area contributed by atoms with Crippen LogP contribution < -0.4 is 27.0 Å². The Hall–Kier alpha value is -6.30. The molecule has 0 bridgehead atoms. The van der Waals surface area contributed by atoms with Crippen molar-refractivity contribution in [1.82, 2.24) is 26.3 Å². The lowest BCUT2D eigenvalue weighted by molar-refractivity contribution is -0.199. The Morgan fingerprint density at radius 3 is 1.23 bits per heavy atom. The minimum Gasteiger partial charge on any atom is -0.444 e. The number of hydrogen-bond donors (Lipinski definition) is 5. The molecule has 0 radical (unpaired) electrons. The number of nitrogens with one attached hydrogen (secondary N) is 4. The number of imide groups is 1. The van der Waals surface area contributed by atoms with Crippen molar-refractivity contribution >= 4 is 47.9 Å². The van der Waals surface area contributed by atoms with E-state index in [1.165, 1.54) is 0 Å². The van der Waals surface area contributed by atoms with Crippen LogP contribution in [0.3, 0.4) is 0 Å². The number of hydroxylamine groups is 2. The summed E-state index contributed by atoms with van der Waals surface area (Å²) in [6, 6.07) is -1.83. The first-order chi connectivity index (χ1) is 39.4. The average molecular weight is 1210 g/mol. The topological polar surface area (TPSA) is 413 Å². The van der Waals surface area contributed by atoms with E-state index in [9.17, 15) is 38.4 Å². The number of nitrogens with zero attached hydrogens (tertiary/aromatic N) is 7. The lowest BCUT2D eigenvalue weighted by Crippen LogP contribution is -2.46. The van der Waals surface area contributed by atoms with E-state index in [0.29, 0.717) is 149 Å². The standard InChI is InChI=1S/C25H47N5O8.C20H33N3O8.C8H18N4O3/c1-24(2,3)37-22(32)27-12-8-7-10-20(29-23(33)38-25(4,5)6)21(31)11-9-14-34-16-18-36-19-17-35-15-13-28-30-26;1-19(2,3)29-17(27)21-12-8-7-9-13(22-18(28)30-20(4,5)6)16(26)31-23-14(24)10-11-15(23)25;9-1-3-13-5-7-15-8-6-14-4-2-11-12-10/h20H,7-19H2,1-6H3,(H,27,32)(H,29,33);13H,7-12H2,1-6H3,(H,21,27)(H,22,28);1-9H2/t20-;13-;/m00./s1. The number of alkyl carbamates (subject to hydrolysis) is 4. The summed E-state index contributed by atoms with van der Waals surface area (Å²) < 4.78 is 52.3. The second-order valence-corrected chi connectivity index (χ2v) is 22.2. The maximum absolute atomic E-state index is 12.8. The van der Waals surface area contributed by atoms with Gasteiger partial charge < -0.3 is 79.2 Å². The summed E-state index contributed by atoms with van der Waals surface area (Å²) in [5.74, 6) is -2.28. The summed E-state index contributed by atoms with van der Waals surface area (Å²) in [5, 5.41) is 17.5. The van der Waals surface area contributed by atoms with Crippen LogP contribution >= 0.6 is 0 Å². The van der Waals surface area contributed by atoms with Crippen molar-refractivity contribution in [3.63, 3.8) is 0 Å². The molecule has 1 aliphatic rings. The lowest BCUT2D eigenvalue weighted by Gasteiger charge is -2.23. The average Bonchev–Trinajstić information content (AvgIpc) is 4.00. The van der Waals surface area contributed by atoms with Crippen LogP contribution in [0.4, 0.5) is 19.2 Å². The number of carbonyl (C=O) groups is 8. The molecule has 31 heteroatoms. The van der Waals surface area contributed by atoms with Crippen LogP contribution in [0.5, 0.6) is 0 Å². The molecular weight excluding hydrogens is 1110 g/mol. The number of ketones is 1. The van der Waals surface area contributed by atoms with Crippen molar-refractivity contribution in [2.75, 3.05) is 112 Å². The maximum atomic E-state index is 12.8. The Labute approximate surface area is 494 Å². The molecule has 1 saturated heterocycles. The number of Topliss-reactive ketones (excluding diaryl/α,β-unsaturated/α-hetero) is 1. The van der Waals surface area contributed by atoms with Gasteiger partial charge in [-0.3, -0.25) is 14.4 Å². The predicted octanol–water partition coefficient (Wildman–Crippen LogP) is 6.77. The highest BCUT2D eigenvalue weighted by atomic mass is 16.7. The summed E-state index contributed by atoms with van der Waals surface area (Å²) in [6.45, 7) is 28.2. The number of amides is 6. The van der Waals surface area contributed by atoms with Gasteiger partial charge in [-0.1, -0.05) is 10.2 Å². The van der Waals surface area contributed by atoms with E-state index in [0.717, 1.165) is 0 Å². The van der Waals surface area contributed by atoms with Crippen molar-refractivity contribution in [2.45, 2.75) is 182 Å². The smallest absolute Gasteiger partial charge is 0.408 e. The van der Waals surface area contributed by atoms with Crippen molar-refractivity contribution in [3.8, 4) is 0 Å². The molecule has 0 unspecified atom stereocenters. The molecule has 31 nitrogen and oxygen atoms in total. The zero-order chi connectivity index (χ0) is 63.9. The van der Waals surface area contributed by atoms with E-state index in [1.807, 2.05) is 0 Å². The van der Waals surface area contributed by atoms with Gasteiger partial charge in [0.15, 0.2) is 5.78 Å². The van der Waals surface area contributed by atoms with Gasteiger partial charge in [-0.05, 0) is 139 Å². The fourth-order valence-electron chi connectivity index (χ4n) is 6.22. The van der Waals surface area contributed by atoms with Crippen LogP contribution in [0.15, 0.2) is 10.2 Å². The molecule has 1 heterocycles. The van der Waals surface area contributed by atoms with Gasteiger partial charge >= 0.3 is 30.3 Å². The molecule has 1 fully saturated rings. The van der Waals surface area contributed by atoms with Crippen LogP contribution in [0.25, 0.3) is 20.9 Å². The molecule has 2 atom stereocenters. The van der Waals surface area contributed by atoms with Crippen LogP contribution in [-0.4, -0.2) is 199 Å². The number of hydrogen-bond acceptors (Lipinski definition) is 22. The SMILES string of the molecule is CC(C)(C)OC(=O)NCCCC[C@H](NC(=O)OC(C)(C)C)C(=O)CCCOCCOCCOCCN=[N+]=[N-].CC(C)(C)OC(=O)NCCCC[C@H](NC(=O)OC(C)(C)C)C(=O)ON1C(=O)CCC1=O.[N-]=[N+]=NCCOCCOCCOCCN. The molecule has 6 N–H and O–H groups in total. The molecule has 0 aromatic heterocycles. The highest BCUT2D eigenvalue weighted by molar-refractivity contribution is 6.02. The quantitative estimate of drug-likeness (QED) is 0.0106. The first-order valence-electron chi connectivity index (χ1n) is 28.1. The Kier molecular flexibility index (Phi) is 44.6. The number of unbranched alkanes of at least 4 members (excludes halogenated alkanes) is 2. The molecule has 0 aromatic carbocycles. The molecule has 84 heavy (non-hydrogen) atoms. The fourth-order valence-corrected chi connectivity index (χ4v) is 6.22. The molecule has 1 aliphatic heterocycles. The van der Waals surface area contributed by atoms with Crippen LogP contribution in [0.2, 0.25) is 0 Å². The summed E-state index contributed by atoms with van der Waals surface area (Å²) in [7, 11) is 0. The number of rotatable bonds is 39. The third-order valence-corrected chi connectivity index (χ3v) is 9.68. The van der Waals surface area contributed by atoms with E-state index in [1.54, 1.807) is 83.1 Å². The summed E-state index contributed by atoms with van der Waals surface area (Å²) >= 11 is 0. The third kappa shape index (κ3) is 52.5. The number of azide groups is 2. The number of ether oxygens (including phenoxy) is 10. The molecule has 0 spiro atoms. The van der Waals surface area contributed by atoms with Crippen molar-refractivity contribution in [2.24, 2.45) is 16.0 Å². The molecule has 6 amide bonds. The van der Waals surface area contributed by atoms with E-state index in [2.05, 4.69) is 41.3 Å². The predicted molar refractivity (Wildman–Crippen MR) is 306 cm³/mol. The second-order valence-electron chi connectivity index (χ2n) is 22.2.